The molecule has 1 saturated heterocycles. The van der Waals surface area contributed by atoms with E-state index in [9.17, 15) is 9.59 Å². The first-order chi connectivity index (χ1) is 15.1. The van der Waals surface area contributed by atoms with Crippen molar-refractivity contribution in [3.05, 3.63) is 53.6 Å². The monoisotopic (exact) mass is 419 g/mol. The Hall–Kier alpha value is -3.55. The average molecular weight is 419 g/mol. The van der Waals surface area contributed by atoms with E-state index >= 15 is 0 Å². The van der Waals surface area contributed by atoms with Crippen molar-refractivity contribution in [2.45, 2.75) is 38.4 Å². The number of hydrogen-bond donors (Lipinski definition) is 3. The number of nitrogens with one attached hydrogen (secondary N) is 3. The van der Waals surface area contributed by atoms with Crippen molar-refractivity contribution in [1.29, 1.82) is 0 Å². The number of carbonyl (C=O) groups is 2. The van der Waals surface area contributed by atoms with E-state index in [-0.39, 0.29) is 18.0 Å². The number of benzene rings is 2. The van der Waals surface area contributed by atoms with Crippen LogP contribution in [0.25, 0.3) is 0 Å². The number of rotatable bonds is 6. The highest BCUT2D eigenvalue weighted by molar-refractivity contribution is 6.05. The first-order valence-electron chi connectivity index (χ1n) is 10.7. The predicted octanol–water partition coefficient (Wildman–Crippen LogP) is 2.28. The van der Waals surface area contributed by atoms with E-state index in [0.717, 1.165) is 35.5 Å². The predicted molar refractivity (Wildman–Crippen MR) is 117 cm³/mol. The number of fused-ring (bicyclic) bond motifs is 3. The first-order valence-corrected chi connectivity index (χ1v) is 10.7. The number of aliphatic imine (C=N–C) groups is 1. The van der Waals surface area contributed by atoms with Crippen LogP contribution in [0.15, 0.2) is 47.5 Å². The van der Waals surface area contributed by atoms with Gasteiger partial charge in [0.05, 0.1) is 18.5 Å². The Morgan fingerprint density at radius 3 is 3.03 bits per heavy atom. The van der Waals surface area contributed by atoms with Crippen LogP contribution in [0.5, 0.6) is 5.75 Å². The average Bonchev–Trinajstić information content (AvgIpc) is 3.13. The third kappa shape index (κ3) is 4.33. The largest absolute Gasteiger partial charge is 0.494 e. The van der Waals surface area contributed by atoms with Gasteiger partial charge in [-0.15, -0.1) is 0 Å². The van der Waals surface area contributed by atoms with Crippen LogP contribution >= 0.6 is 0 Å². The summed E-state index contributed by atoms with van der Waals surface area (Å²) in [6.07, 6.45) is 2.87. The second-order valence-electron chi connectivity index (χ2n) is 8.04. The van der Waals surface area contributed by atoms with Crippen LogP contribution in [0.1, 0.15) is 30.4 Å². The zero-order chi connectivity index (χ0) is 21.2. The molecule has 0 radical (unpaired) electrons. The molecule has 2 aromatic carbocycles. The van der Waals surface area contributed by atoms with Crippen LogP contribution in [0.4, 0.5) is 11.4 Å². The summed E-state index contributed by atoms with van der Waals surface area (Å²) in [6, 6.07) is 13.9. The fourth-order valence-corrected chi connectivity index (χ4v) is 4.16. The smallest absolute Gasteiger partial charge is 0.246 e. The van der Waals surface area contributed by atoms with E-state index in [4.69, 9.17) is 4.74 Å². The number of hydrogen-bond acceptors (Lipinski definition) is 6. The minimum Gasteiger partial charge on any atom is -0.494 e. The van der Waals surface area contributed by atoms with Crippen molar-refractivity contribution in [2.24, 2.45) is 4.99 Å². The van der Waals surface area contributed by atoms with Gasteiger partial charge in [0.25, 0.3) is 0 Å². The van der Waals surface area contributed by atoms with E-state index in [1.165, 1.54) is 5.56 Å². The highest BCUT2D eigenvalue weighted by atomic mass is 16.5. The number of amides is 2. The molecule has 8 nitrogen and oxygen atoms in total. The summed E-state index contributed by atoms with van der Waals surface area (Å²) in [5.74, 6) is 1.36. The van der Waals surface area contributed by atoms with E-state index in [1.807, 2.05) is 41.3 Å². The second-order valence-corrected chi connectivity index (χ2v) is 8.04. The minimum absolute atomic E-state index is 0.0265. The fourth-order valence-electron chi connectivity index (χ4n) is 4.16. The van der Waals surface area contributed by atoms with Crippen molar-refractivity contribution in [3.8, 4) is 5.75 Å². The quantitative estimate of drug-likeness (QED) is 0.625. The van der Waals surface area contributed by atoms with Crippen LogP contribution in [-0.4, -0.2) is 42.0 Å². The summed E-state index contributed by atoms with van der Waals surface area (Å²) < 4.78 is 5.85. The lowest BCUT2D eigenvalue weighted by Gasteiger charge is -2.27. The SMILES string of the molecule is O=C1CN2Cc3cc(OCCCC(=O)NC4CCc5ccccc5N4)ccc3N=C2N1. The summed E-state index contributed by atoms with van der Waals surface area (Å²) in [5, 5.41) is 9.21. The normalized spacial score (nSPS) is 18.7. The lowest BCUT2D eigenvalue weighted by Crippen LogP contribution is -2.42. The molecule has 3 N–H and O–H groups in total. The summed E-state index contributed by atoms with van der Waals surface area (Å²) in [7, 11) is 0. The Labute approximate surface area is 180 Å². The molecular formula is C23H25N5O3. The third-order valence-electron chi connectivity index (χ3n) is 5.73. The van der Waals surface area contributed by atoms with Gasteiger partial charge in [-0.1, -0.05) is 18.2 Å². The molecule has 1 fully saturated rings. The molecule has 0 bridgehead atoms. The summed E-state index contributed by atoms with van der Waals surface area (Å²) in [6.45, 7) is 1.43. The van der Waals surface area contributed by atoms with Gasteiger partial charge < -0.3 is 20.3 Å². The van der Waals surface area contributed by atoms with E-state index < -0.39 is 0 Å². The Kier molecular flexibility index (Phi) is 5.19. The third-order valence-corrected chi connectivity index (χ3v) is 5.73. The van der Waals surface area contributed by atoms with Crippen molar-refractivity contribution in [3.63, 3.8) is 0 Å². The molecule has 1 atom stereocenters. The number of aryl methyl sites for hydroxylation is 1. The van der Waals surface area contributed by atoms with Crippen molar-refractivity contribution < 1.29 is 14.3 Å². The lowest BCUT2D eigenvalue weighted by atomic mass is 10.0. The summed E-state index contributed by atoms with van der Waals surface area (Å²) in [5.41, 5.74) is 4.27. The maximum absolute atomic E-state index is 12.3. The van der Waals surface area contributed by atoms with Crippen LogP contribution in [0.2, 0.25) is 0 Å². The Morgan fingerprint density at radius 1 is 1.19 bits per heavy atom. The first kappa shape index (κ1) is 19.4. The maximum atomic E-state index is 12.3. The molecule has 3 heterocycles. The number of anilines is 1. The van der Waals surface area contributed by atoms with Crippen LogP contribution in [0, 0.1) is 0 Å². The summed E-state index contributed by atoms with van der Waals surface area (Å²) >= 11 is 0. The van der Waals surface area contributed by atoms with Crippen molar-refractivity contribution in [1.82, 2.24) is 15.5 Å². The van der Waals surface area contributed by atoms with Gasteiger partial charge in [0.15, 0.2) is 0 Å². The molecular weight excluding hydrogens is 394 g/mol. The number of carbonyl (C=O) groups excluding carboxylic acids is 2. The van der Waals surface area contributed by atoms with E-state index in [0.29, 0.717) is 38.5 Å². The molecule has 0 saturated carbocycles. The molecule has 8 heteroatoms. The zero-order valence-electron chi connectivity index (χ0n) is 17.2. The molecule has 3 aliphatic rings. The zero-order valence-corrected chi connectivity index (χ0v) is 17.2. The van der Waals surface area contributed by atoms with Crippen molar-refractivity contribution in [2.75, 3.05) is 18.5 Å². The fraction of sp³-hybridized carbons (Fsp3) is 0.348. The molecule has 5 rings (SSSR count). The van der Waals surface area contributed by atoms with Gasteiger partial charge in [0, 0.05) is 24.2 Å². The standard InChI is InChI=1S/C23H25N5O3/c29-21(26-20-10-7-15-4-1-2-5-18(15)24-20)6-3-11-31-17-8-9-19-16(12-17)13-28-14-22(30)27-23(28)25-19/h1-2,4-5,8-9,12,20,24H,3,6-7,10-11,13-14H2,(H,26,29)(H,25,27,30). The number of para-hydroxylation sites is 1. The number of ether oxygens (including phenoxy) is 1. The molecule has 1 unspecified atom stereocenters. The molecule has 2 amide bonds. The lowest BCUT2D eigenvalue weighted by molar-refractivity contribution is -0.122. The van der Waals surface area contributed by atoms with Gasteiger partial charge in [-0.05, 0) is 49.1 Å². The molecule has 0 spiro atoms. The Bertz CT molecular complexity index is 1050. The second kappa shape index (κ2) is 8.29. The highest BCUT2D eigenvalue weighted by Gasteiger charge is 2.29. The van der Waals surface area contributed by atoms with E-state index in [2.05, 4.69) is 27.0 Å². The van der Waals surface area contributed by atoms with Crippen LogP contribution < -0.4 is 20.7 Å². The van der Waals surface area contributed by atoms with Gasteiger partial charge in [-0.2, -0.15) is 0 Å². The molecule has 3 aliphatic heterocycles. The highest BCUT2D eigenvalue weighted by Crippen LogP contribution is 2.30. The summed E-state index contributed by atoms with van der Waals surface area (Å²) in [4.78, 5) is 30.2. The number of guanidine groups is 1. The number of nitrogens with zero attached hydrogens (tertiary/aromatic N) is 2. The van der Waals surface area contributed by atoms with E-state index in [1.54, 1.807) is 0 Å². The topological polar surface area (TPSA) is 95.1 Å². The van der Waals surface area contributed by atoms with Gasteiger partial charge >= 0.3 is 0 Å². The molecule has 0 aliphatic carbocycles. The van der Waals surface area contributed by atoms with Crippen molar-refractivity contribution >= 4 is 29.1 Å². The Morgan fingerprint density at radius 2 is 2.10 bits per heavy atom. The molecule has 2 aromatic rings. The molecule has 160 valence electrons. The maximum Gasteiger partial charge on any atom is 0.246 e. The molecule has 31 heavy (non-hydrogen) atoms. The van der Waals surface area contributed by atoms with Gasteiger partial charge in [0.2, 0.25) is 17.8 Å². The van der Waals surface area contributed by atoms with Crippen LogP contribution in [0.3, 0.4) is 0 Å². The van der Waals surface area contributed by atoms with Gasteiger partial charge in [0.1, 0.15) is 12.3 Å². The van der Waals surface area contributed by atoms with Crippen LogP contribution in [-0.2, 0) is 22.6 Å². The minimum atomic E-state index is -0.0334. The van der Waals surface area contributed by atoms with Gasteiger partial charge in [-0.3, -0.25) is 14.9 Å². The van der Waals surface area contributed by atoms with Gasteiger partial charge in [-0.25, -0.2) is 4.99 Å². The molecule has 0 aromatic heterocycles. The Balaban J connectivity index is 1.07.